The minimum Gasteiger partial charge on any atom is -0.362 e. The Labute approximate surface area is 147 Å². The number of nitrogens with one attached hydrogen (secondary N) is 1. The molecule has 0 amide bonds. The van der Waals surface area contributed by atoms with Crippen LogP contribution in [0.2, 0.25) is 5.02 Å². The smallest absolute Gasteiger partial charge is 0.350 e. The molecule has 1 saturated heterocycles. The van der Waals surface area contributed by atoms with E-state index >= 15 is 0 Å². The fourth-order valence-electron chi connectivity index (χ4n) is 3.16. The molecule has 1 aromatic carbocycles. The summed E-state index contributed by atoms with van der Waals surface area (Å²) in [4.78, 5) is 26.5. The molecule has 3 N–H and O–H groups in total. The van der Waals surface area contributed by atoms with Crippen molar-refractivity contribution >= 4 is 33.9 Å². The average molecular weight is 368 g/mol. The van der Waals surface area contributed by atoms with Crippen molar-refractivity contribution < 1.29 is 4.39 Å². The number of hydrogen-bond acceptors (Lipinski definition) is 5. The van der Waals surface area contributed by atoms with Crippen molar-refractivity contribution in [3.63, 3.8) is 0 Å². The summed E-state index contributed by atoms with van der Waals surface area (Å²) in [7, 11) is 0. The standard InChI is InChI=1S/C16H19ClFN5O2/c1-3-8(2)22-13-10(15(24)23(20)16(22)25)6-11(18)14(12(13)17)21-5-4-9(19)7-21/h6,8,19H,3-5,7,20H2,1-2H3. The maximum Gasteiger partial charge on any atom is 0.350 e. The molecular formula is C16H19ClFN5O2. The van der Waals surface area contributed by atoms with Crippen LogP contribution in [0.3, 0.4) is 0 Å². The Bertz CT molecular complexity index is 997. The van der Waals surface area contributed by atoms with Crippen molar-refractivity contribution in [3.05, 3.63) is 37.7 Å². The highest BCUT2D eigenvalue weighted by Gasteiger charge is 2.27. The molecule has 2 heterocycles. The first-order chi connectivity index (χ1) is 11.8. The number of nitrogens with zero attached hydrogens (tertiary/aromatic N) is 3. The van der Waals surface area contributed by atoms with Crippen LogP contribution in [-0.2, 0) is 0 Å². The molecule has 1 aromatic heterocycles. The van der Waals surface area contributed by atoms with Crippen molar-refractivity contribution in [2.75, 3.05) is 23.8 Å². The van der Waals surface area contributed by atoms with Crippen LogP contribution in [-0.4, -0.2) is 28.0 Å². The predicted molar refractivity (Wildman–Crippen MR) is 97.1 cm³/mol. The highest BCUT2D eigenvalue weighted by Crippen LogP contribution is 2.37. The minimum atomic E-state index is -0.791. The number of benzene rings is 1. The third kappa shape index (κ3) is 2.60. The lowest BCUT2D eigenvalue weighted by molar-refractivity contribution is 0.507. The third-order valence-electron chi connectivity index (χ3n) is 4.68. The van der Waals surface area contributed by atoms with Gasteiger partial charge in [-0.25, -0.2) is 9.18 Å². The topological polar surface area (TPSA) is 97.1 Å². The van der Waals surface area contributed by atoms with Gasteiger partial charge in [-0.05, 0) is 19.4 Å². The number of anilines is 1. The first-order valence-electron chi connectivity index (χ1n) is 8.03. The van der Waals surface area contributed by atoms with Gasteiger partial charge in [0.15, 0.2) is 0 Å². The van der Waals surface area contributed by atoms with E-state index in [4.69, 9.17) is 22.9 Å². The van der Waals surface area contributed by atoms with Crippen LogP contribution in [0, 0.1) is 11.2 Å². The van der Waals surface area contributed by atoms with Crippen LogP contribution in [0.15, 0.2) is 15.7 Å². The van der Waals surface area contributed by atoms with E-state index in [0.717, 1.165) is 6.07 Å². The molecule has 1 unspecified atom stereocenters. The number of nitrogen functional groups attached to an aromatic ring is 1. The van der Waals surface area contributed by atoms with Gasteiger partial charge >= 0.3 is 5.69 Å². The summed E-state index contributed by atoms with van der Waals surface area (Å²) in [5, 5.41) is 7.70. The molecule has 0 radical (unpaired) electrons. The van der Waals surface area contributed by atoms with Crippen LogP contribution in [0.25, 0.3) is 10.9 Å². The van der Waals surface area contributed by atoms with E-state index in [0.29, 0.717) is 29.8 Å². The minimum absolute atomic E-state index is 0.000185. The predicted octanol–water partition coefficient (Wildman–Crippen LogP) is 1.87. The molecule has 25 heavy (non-hydrogen) atoms. The molecule has 0 spiro atoms. The van der Waals surface area contributed by atoms with Crippen molar-refractivity contribution in [1.82, 2.24) is 9.24 Å². The maximum absolute atomic E-state index is 14.7. The highest BCUT2D eigenvalue weighted by molar-refractivity contribution is 6.38. The maximum atomic E-state index is 14.7. The van der Waals surface area contributed by atoms with Gasteiger partial charge in [0.25, 0.3) is 5.56 Å². The molecule has 1 aliphatic heterocycles. The van der Waals surface area contributed by atoms with Gasteiger partial charge < -0.3 is 16.2 Å². The number of fused-ring (bicyclic) bond motifs is 1. The van der Waals surface area contributed by atoms with Gasteiger partial charge in [-0.15, -0.1) is 0 Å². The normalized spacial score (nSPS) is 16.0. The first kappa shape index (κ1) is 17.5. The second-order valence-corrected chi connectivity index (χ2v) is 6.66. The summed E-state index contributed by atoms with van der Waals surface area (Å²) in [6.07, 6.45) is 1.13. The molecule has 3 rings (SSSR count). The van der Waals surface area contributed by atoms with Gasteiger partial charge in [0.2, 0.25) is 0 Å². The Kier molecular flexibility index (Phi) is 4.32. The second kappa shape index (κ2) is 6.18. The zero-order valence-corrected chi connectivity index (χ0v) is 14.7. The van der Waals surface area contributed by atoms with E-state index in [1.165, 1.54) is 4.57 Å². The fraction of sp³-hybridized carbons (Fsp3) is 0.438. The van der Waals surface area contributed by atoms with Gasteiger partial charge in [0, 0.05) is 24.7 Å². The molecule has 1 fully saturated rings. The number of aromatic nitrogens is 2. The average Bonchev–Trinajstić information content (AvgIpc) is 2.99. The Morgan fingerprint density at radius 3 is 2.68 bits per heavy atom. The fourth-order valence-corrected chi connectivity index (χ4v) is 3.56. The highest BCUT2D eigenvalue weighted by atomic mass is 35.5. The van der Waals surface area contributed by atoms with Gasteiger partial charge in [0.1, 0.15) is 5.82 Å². The zero-order chi connectivity index (χ0) is 18.5. The molecule has 0 bridgehead atoms. The molecule has 1 atom stereocenters. The van der Waals surface area contributed by atoms with Crippen molar-refractivity contribution in [2.45, 2.75) is 32.7 Å². The lowest BCUT2D eigenvalue weighted by Gasteiger charge is -2.23. The van der Waals surface area contributed by atoms with E-state index in [2.05, 4.69) is 0 Å². The lowest BCUT2D eigenvalue weighted by Crippen LogP contribution is -2.45. The Morgan fingerprint density at radius 1 is 1.44 bits per heavy atom. The molecule has 0 saturated carbocycles. The summed E-state index contributed by atoms with van der Waals surface area (Å²) in [6.45, 7) is 4.41. The molecule has 0 aliphatic carbocycles. The van der Waals surface area contributed by atoms with Crippen LogP contribution >= 0.6 is 11.6 Å². The number of hydrogen-bond donors (Lipinski definition) is 2. The van der Waals surface area contributed by atoms with E-state index in [9.17, 15) is 14.0 Å². The monoisotopic (exact) mass is 367 g/mol. The van der Waals surface area contributed by atoms with E-state index in [1.54, 1.807) is 11.8 Å². The second-order valence-electron chi connectivity index (χ2n) is 6.28. The zero-order valence-electron chi connectivity index (χ0n) is 14.0. The summed E-state index contributed by atoms with van der Waals surface area (Å²) in [5.41, 5.74) is -0.710. The lowest BCUT2D eigenvalue weighted by atomic mass is 10.1. The largest absolute Gasteiger partial charge is 0.362 e. The Balaban J connectivity index is 2.44. The Hall–Kier alpha value is -2.35. The summed E-state index contributed by atoms with van der Waals surface area (Å²) < 4.78 is 16.5. The van der Waals surface area contributed by atoms with Crippen molar-refractivity contribution in [2.24, 2.45) is 0 Å². The molecular weight excluding hydrogens is 349 g/mol. The van der Waals surface area contributed by atoms with E-state index in [1.807, 2.05) is 6.92 Å². The van der Waals surface area contributed by atoms with Crippen molar-refractivity contribution in [1.29, 1.82) is 5.41 Å². The molecule has 7 nitrogen and oxygen atoms in total. The Morgan fingerprint density at radius 2 is 2.12 bits per heavy atom. The van der Waals surface area contributed by atoms with Crippen LogP contribution in [0.1, 0.15) is 32.7 Å². The van der Waals surface area contributed by atoms with Gasteiger partial charge in [-0.3, -0.25) is 9.36 Å². The van der Waals surface area contributed by atoms with Crippen molar-refractivity contribution in [3.8, 4) is 0 Å². The number of nitrogens with two attached hydrogens (primary N) is 1. The number of rotatable bonds is 3. The third-order valence-corrected chi connectivity index (χ3v) is 5.04. The molecule has 134 valence electrons. The van der Waals surface area contributed by atoms with Crippen LogP contribution < -0.4 is 22.0 Å². The van der Waals surface area contributed by atoms with E-state index < -0.39 is 17.1 Å². The van der Waals surface area contributed by atoms with Gasteiger partial charge in [-0.2, -0.15) is 4.68 Å². The van der Waals surface area contributed by atoms with Gasteiger partial charge in [-0.1, -0.05) is 18.5 Å². The SMILES string of the molecule is CCC(C)n1c(=O)n(N)c(=O)c2cc(F)c(N3CCC(=N)C3)c(Cl)c21. The first-order valence-corrected chi connectivity index (χ1v) is 8.41. The summed E-state index contributed by atoms with van der Waals surface area (Å²) in [5.74, 6) is 4.92. The van der Waals surface area contributed by atoms with Crippen LogP contribution in [0.4, 0.5) is 10.1 Å². The molecule has 9 heteroatoms. The molecule has 1 aliphatic rings. The quantitative estimate of drug-likeness (QED) is 0.809. The molecule has 2 aromatic rings. The van der Waals surface area contributed by atoms with Crippen LogP contribution in [0.5, 0.6) is 0 Å². The van der Waals surface area contributed by atoms with Gasteiger partial charge in [0.05, 0.1) is 28.2 Å². The number of halogens is 2. The van der Waals surface area contributed by atoms with E-state index in [-0.39, 0.29) is 34.2 Å². The summed E-state index contributed by atoms with van der Waals surface area (Å²) in [6, 6.07) is 0.792. The summed E-state index contributed by atoms with van der Waals surface area (Å²) >= 11 is 6.48.